The molecular weight excluding hydrogens is 482 g/mol. The normalized spacial score (nSPS) is 22.1. The molecule has 1 atom stereocenters. The van der Waals surface area contributed by atoms with Crippen molar-refractivity contribution >= 4 is 37.8 Å². The second-order valence-electron chi connectivity index (χ2n) is 7.69. The van der Waals surface area contributed by atoms with Gasteiger partial charge in [-0.3, -0.25) is 9.69 Å². The molecule has 4 nitrogen and oxygen atoms in total. The summed E-state index contributed by atoms with van der Waals surface area (Å²) in [4.78, 5) is 18.3. The van der Waals surface area contributed by atoms with Crippen molar-refractivity contribution in [3.63, 3.8) is 0 Å². The average Bonchev–Trinajstić information content (AvgIpc) is 3.08. The molecule has 0 bridgehead atoms. The number of carbonyl (C=O) groups is 1. The molecule has 2 aliphatic rings. The summed E-state index contributed by atoms with van der Waals surface area (Å²) >= 11 is 7.10. The van der Waals surface area contributed by atoms with Gasteiger partial charge in [-0.1, -0.05) is 56.1 Å². The van der Waals surface area contributed by atoms with Gasteiger partial charge in [0, 0.05) is 48.7 Å². The molecule has 148 valence electrons. The Morgan fingerprint density at radius 1 is 1.14 bits per heavy atom. The van der Waals surface area contributed by atoms with Crippen LogP contribution >= 0.6 is 31.9 Å². The monoisotopic (exact) mass is 505 g/mol. The number of fused-ring (bicyclic) bond motifs is 1. The summed E-state index contributed by atoms with van der Waals surface area (Å²) in [6, 6.07) is 14.7. The van der Waals surface area contributed by atoms with Crippen LogP contribution < -0.4 is 5.32 Å². The van der Waals surface area contributed by atoms with E-state index in [0.717, 1.165) is 53.5 Å². The van der Waals surface area contributed by atoms with Gasteiger partial charge < -0.3 is 10.2 Å². The van der Waals surface area contributed by atoms with Crippen LogP contribution in [0.4, 0.5) is 0 Å². The summed E-state index contributed by atoms with van der Waals surface area (Å²) in [5.74, 6) is 0.204. The van der Waals surface area contributed by atoms with E-state index in [1.165, 1.54) is 11.1 Å². The number of likely N-dealkylation sites (N-methyl/N-ethyl adjacent to an activating group) is 1. The number of hydrogen-bond acceptors (Lipinski definition) is 3. The molecular formula is C22H25Br2N3O. The maximum atomic E-state index is 13.9. The van der Waals surface area contributed by atoms with Gasteiger partial charge in [-0.05, 0) is 47.7 Å². The Hall–Kier alpha value is -1.21. The number of nitrogens with one attached hydrogen (secondary N) is 1. The Morgan fingerprint density at radius 3 is 2.54 bits per heavy atom. The first-order valence-corrected chi connectivity index (χ1v) is 11.3. The van der Waals surface area contributed by atoms with Crippen LogP contribution in [0.25, 0.3) is 0 Å². The van der Waals surface area contributed by atoms with Crippen LogP contribution in [0, 0.1) is 0 Å². The standard InChI is InChI=1S/C22H25Br2N3O/c1-26(15-16-12-18(23)14-19(24)13-16)21(28)22(27-10-8-25-9-11-27)7-6-17-4-2-3-5-20(17)22/h2-5,12-14,25H,6-11,15H2,1H3. The number of aryl methyl sites for hydroxylation is 1. The van der Waals surface area contributed by atoms with Gasteiger partial charge >= 0.3 is 0 Å². The lowest BCUT2D eigenvalue weighted by Gasteiger charge is -2.44. The first-order valence-electron chi connectivity index (χ1n) is 9.75. The minimum Gasteiger partial charge on any atom is -0.340 e. The predicted molar refractivity (Wildman–Crippen MR) is 119 cm³/mol. The maximum absolute atomic E-state index is 13.9. The van der Waals surface area contributed by atoms with Gasteiger partial charge in [-0.2, -0.15) is 0 Å². The van der Waals surface area contributed by atoms with Crippen LogP contribution in [0.5, 0.6) is 0 Å². The van der Waals surface area contributed by atoms with Gasteiger partial charge in [0.1, 0.15) is 5.54 Å². The van der Waals surface area contributed by atoms with E-state index in [9.17, 15) is 4.79 Å². The minimum absolute atomic E-state index is 0.204. The number of halogens is 2. The van der Waals surface area contributed by atoms with E-state index in [2.05, 4.69) is 78.5 Å². The lowest BCUT2D eigenvalue weighted by atomic mass is 9.87. The first kappa shape index (κ1) is 20.1. The average molecular weight is 507 g/mol. The van der Waals surface area contributed by atoms with E-state index in [1.54, 1.807) is 0 Å². The van der Waals surface area contributed by atoms with Gasteiger partial charge in [-0.15, -0.1) is 0 Å². The third-order valence-corrected chi connectivity index (χ3v) is 6.83. The highest BCUT2D eigenvalue weighted by atomic mass is 79.9. The van der Waals surface area contributed by atoms with Crippen LogP contribution in [0.1, 0.15) is 23.1 Å². The third kappa shape index (κ3) is 3.67. The molecule has 1 amide bonds. The van der Waals surface area contributed by atoms with E-state index in [1.807, 2.05) is 18.0 Å². The quantitative estimate of drug-likeness (QED) is 0.682. The van der Waals surface area contributed by atoms with Crippen molar-refractivity contribution in [1.29, 1.82) is 0 Å². The molecule has 0 radical (unpaired) electrons. The number of piperazine rings is 1. The molecule has 1 aliphatic carbocycles. The van der Waals surface area contributed by atoms with Crippen LogP contribution in [0.2, 0.25) is 0 Å². The zero-order valence-electron chi connectivity index (χ0n) is 16.0. The molecule has 1 saturated heterocycles. The van der Waals surface area contributed by atoms with Crippen molar-refractivity contribution in [3.8, 4) is 0 Å². The third-order valence-electron chi connectivity index (χ3n) is 5.92. The summed E-state index contributed by atoms with van der Waals surface area (Å²) < 4.78 is 2.03. The zero-order chi connectivity index (χ0) is 19.7. The summed E-state index contributed by atoms with van der Waals surface area (Å²) in [5, 5.41) is 3.42. The predicted octanol–water partition coefficient (Wildman–Crippen LogP) is 3.92. The Labute approximate surface area is 183 Å². The maximum Gasteiger partial charge on any atom is 0.247 e. The molecule has 0 spiro atoms. The van der Waals surface area contributed by atoms with Crippen molar-refractivity contribution in [3.05, 3.63) is 68.1 Å². The second kappa shape index (κ2) is 8.27. The van der Waals surface area contributed by atoms with Gasteiger partial charge in [0.05, 0.1) is 0 Å². The number of hydrogen-bond donors (Lipinski definition) is 1. The Bertz CT molecular complexity index is 862. The summed E-state index contributed by atoms with van der Waals surface area (Å²) in [6.45, 7) is 4.25. The van der Waals surface area contributed by atoms with Crippen LogP contribution in [-0.2, 0) is 23.3 Å². The van der Waals surface area contributed by atoms with Crippen molar-refractivity contribution in [2.45, 2.75) is 24.9 Å². The van der Waals surface area contributed by atoms with Crippen molar-refractivity contribution in [2.24, 2.45) is 0 Å². The van der Waals surface area contributed by atoms with Gasteiger partial charge in [0.2, 0.25) is 5.91 Å². The molecule has 0 saturated carbocycles. The number of carbonyl (C=O) groups excluding carboxylic acids is 1. The number of benzene rings is 2. The Balaban J connectivity index is 1.68. The molecule has 28 heavy (non-hydrogen) atoms. The number of amides is 1. The van der Waals surface area contributed by atoms with E-state index >= 15 is 0 Å². The Morgan fingerprint density at radius 2 is 1.82 bits per heavy atom. The fourth-order valence-corrected chi connectivity index (χ4v) is 6.08. The van der Waals surface area contributed by atoms with E-state index < -0.39 is 5.54 Å². The van der Waals surface area contributed by atoms with Crippen LogP contribution in [0.15, 0.2) is 51.4 Å². The van der Waals surface area contributed by atoms with Crippen LogP contribution in [0.3, 0.4) is 0 Å². The van der Waals surface area contributed by atoms with Crippen molar-refractivity contribution in [2.75, 3.05) is 33.2 Å². The largest absolute Gasteiger partial charge is 0.340 e. The van der Waals surface area contributed by atoms with Gasteiger partial charge in [0.15, 0.2) is 0 Å². The second-order valence-corrected chi connectivity index (χ2v) is 9.52. The van der Waals surface area contributed by atoms with E-state index in [0.29, 0.717) is 6.54 Å². The zero-order valence-corrected chi connectivity index (χ0v) is 19.2. The van der Waals surface area contributed by atoms with Gasteiger partial charge in [0.25, 0.3) is 0 Å². The minimum atomic E-state index is -0.545. The fraction of sp³-hybridized carbons (Fsp3) is 0.409. The Kier molecular flexibility index (Phi) is 5.93. The summed E-state index contributed by atoms with van der Waals surface area (Å²) in [7, 11) is 1.93. The number of nitrogens with zero attached hydrogens (tertiary/aromatic N) is 2. The molecule has 2 aromatic rings. The first-order chi connectivity index (χ1) is 13.5. The SMILES string of the molecule is CN(Cc1cc(Br)cc(Br)c1)C(=O)C1(N2CCNCC2)CCc2ccccc21. The smallest absolute Gasteiger partial charge is 0.247 e. The highest BCUT2D eigenvalue weighted by Gasteiger charge is 2.50. The molecule has 1 unspecified atom stereocenters. The van der Waals surface area contributed by atoms with E-state index in [-0.39, 0.29) is 5.91 Å². The van der Waals surface area contributed by atoms with Crippen molar-refractivity contribution < 1.29 is 4.79 Å². The summed E-state index contributed by atoms with van der Waals surface area (Å²) in [6.07, 6.45) is 1.82. The highest BCUT2D eigenvalue weighted by Crippen LogP contribution is 2.43. The fourth-order valence-electron chi connectivity index (χ4n) is 4.69. The molecule has 0 aromatic heterocycles. The lowest BCUT2D eigenvalue weighted by Crippen LogP contribution is -2.60. The molecule has 6 heteroatoms. The molecule has 2 aromatic carbocycles. The highest BCUT2D eigenvalue weighted by molar-refractivity contribution is 9.11. The molecule has 4 rings (SSSR count). The topological polar surface area (TPSA) is 35.6 Å². The number of rotatable bonds is 4. The lowest BCUT2D eigenvalue weighted by molar-refractivity contribution is -0.145. The summed E-state index contributed by atoms with van der Waals surface area (Å²) in [5.41, 5.74) is 3.08. The molecule has 1 fully saturated rings. The molecule has 1 heterocycles. The molecule has 1 N–H and O–H groups in total. The van der Waals surface area contributed by atoms with Crippen LogP contribution in [-0.4, -0.2) is 48.9 Å². The van der Waals surface area contributed by atoms with E-state index in [4.69, 9.17) is 0 Å². The van der Waals surface area contributed by atoms with Crippen molar-refractivity contribution in [1.82, 2.24) is 15.1 Å². The van der Waals surface area contributed by atoms with Gasteiger partial charge in [-0.25, -0.2) is 0 Å². The molecule has 1 aliphatic heterocycles.